The topological polar surface area (TPSA) is 96.0 Å². The number of ether oxygens (including phenoxy) is 3. The Balaban J connectivity index is 1.28. The van der Waals surface area contributed by atoms with Crippen LogP contribution in [0.1, 0.15) is 30.9 Å². The molecule has 0 aliphatic rings. The van der Waals surface area contributed by atoms with Crippen LogP contribution in [0.4, 0.5) is 0 Å². The van der Waals surface area contributed by atoms with Crippen molar-refractivity contribution in [3.8, 4) is 28.7 Å². The summed E-state index contributed by atoms with van der Waals surface area (Å²) in [6.45, 7) is 6.36. The fourth-order valence-electron chi connectivity index (χ4n) is 5.47. The Hall–Kier alpha value is -5.24. The van der Waals surface area contributed by atoms with Crippen LogP contribution in [0, 0.1) is 12.8 Å². The number of aromatic nitrogens is 2. The lowest BCUT2D eigenvalue weighted by Gasteiger charge is -2.19. The molecule has 0 aliphatic carbocycles. The molecule has 0 radical (unpaired) electrons. The quantitative estimate of drug-likeness (QED) is 0.164. The maximum atomic E-state index is 11.9. The van der Waals surface area contributed by atoms with Gasteiger partial charge in [0.05, 0.1) is 12.6 Å². The number of fused-ring (bicyclic) bond motifs is 3. The average Bonchev–Trinajstić information content (AvgIpc) is 3.57. The van der Waals surface area contributed by atoms with Crippen molar-refractivity contribution >= 4 is 27.8 Å². The van der Waals surface area contributed by atoms with Crippen molar-refractivity contribution in [1.82, 2.24) is 9.55 Å². The van der Waals surface area contributed by atoms with Gasteiger partial charge in [0.15, 0.2) is 17.6 Å². The van der Waals surface area contributed by atoms with E-state index in [2.05, 4.69) is 15.6 Å². The van der Waals surface area contributed by atoms with E-state index in [0.29, 0.717) is 35.4 Å². The molecule has 1 atom stereocenters. The third-order valence-electron chi connectivity index (χ3n) is 7.71. The fourth-order valence-corrected chi connectivity index (χ4v) is 5.47. The van der Waals surface area contributed by atoms with Gasteiger partial charge in [0.2, 0.25) is 5.89 Å². The monoisotopic (exact) mass is 590 g/mol. The van der Waals surface area contributed by atoms with Gasteiger partial charge in [0.25, 0.3) is 0 Å². The summed E-state index contributed by atoms with van der Waals surface area (Å²) in [5, 5.41) is 11.7. The zero-order valence-electron chi connectivity index (χ0n) is 25.1. The highest BCUT2D eigenvalue weighted by molar-refractivity contribution is 6.11. The first kappa shape index (κ1) is 28.9. The molecule has 0 saturated carbocycles. The molecule has 0 unspecified atom stereocenters. The van der Waals surface area contributed by atoms with Crippen LogP contribution in [0.25, 0.3) is 33.3 Å². The van der Waals surface area contributed by atoms with Crippen LogP contribution >= 0.6 is 0 Å². The van der Waals surface area contributed by atoms with E-state index in [9.17, 15) is 9.90 Å². The molecule has 0 aliphatic heterocycles. The second-order valence-corrected chi connectivity index (χ2v) is 11.0. The minimum Gasteiger partial charge on any atom is -0.493 e. The van der Waals surface area contributed by atoms with Gasteiger partial charge in [-0.05, 0) is 55.0 Å². The van der Waals surface area contributed by atoms with E-state index < -0.39 is 12.1 Å². The third kappa shape index (κ3) is 5.58. The second kappa shape index (κ2) is 12.2. The Morgan fingerprint density at radius 1 is 0.909 bits per heavy atom. The van der Waals surface area contributed by atoms with E-state index in [1.807, 2.05) is 106 Å². The molecule has 0 bridgehead atoms. The van der Waals surface area contributed by atoms with Crippen LogP contribution in [0.15, 0.2) is 95.4 Å². The van der Waals surface area contributed by atoms with E-state index in [4.69, 9.17) is 18.6 Å². The third-order valence-corrected chi connectivity index (χ3v) is 7.71. The van der Waals surface area contributed by atoms with Crippen LogP contribution in [0.3, 0.4) is 0 Å². The van der Waals surface area contributed by atoms with Crippen molar-refractivity contribution < 1.29 is 28.5 Å². The second-order valence-electron chi connectivity index (χ2n) is 11.0. The van der Waals surface area contributed by atoms with Crippen LogP contribution in [0.2, 0.25) is 0 Å². The van der Waals surface area contributed by atoms with Crippen molar-refractivity contribution in [1.29, 1.82) is 0 Å². The molecule has 1 N–H and O–H groups in total. The highest BCUT2D eigenvalue weighted by Crippen LogP contribution is 2.38. The van der Waals surface area contributed by atoms with Crippen molar-refractivity contribution in [3.05, 3.63) is 108 Å². The lowest BCUT2D eigenvalue weighted by atomic mass is 10.1. The first-order chi connectivity index (χ1) is 21.3. The summed E-state index contributed by atoms with van der Waals surface area (Å²) >= 11 is 0. The zero-order chi connectivity index (χ0) is 30.8. The molecule has 2 heterocycles. The molecule has 8 nitrogen and oxygen atoms in total. The molecule has 0 fully saturated rings. The van der Waals surface area contributed by atoms with Crippen LogP contribution in [-0.2, 0) is 17.9 Å². The summed E-state index contributed by atoms with van der Waals surface area (Å²) in [6.07, 6.45) is -0.953. The number of oxazole rings is 1. The number of carbonyl (C=O) groups is 1. The highest BCUT2D eigenvalue weighted by atomic mass is 16.5. The Morgan fingerprint density at radius 2 is 1.66 bits per heavy atom. The molecule has 0 spiro atoms. The number of methoxy groups -OCH3 is 1. The highest BCUT2D eigenvalue weighted by Gasteiger charge is 2.25. The van der Waals surface area contributed by atoms with E-state index in [1.165, 1.54) is 0 Å². The number of hydrogen-bond acceptors (Lipinski definition) is 6. The number of aryl methyl sites for hydroxylation is 1. The number of carboxylic acid groups (broad SMARTS) is 1. The van der Waals surface area contributed by atoms with E-state index in [-0.39, 0.29) is 12.5 Å². The van der Waals surface area contributed by atoms with E-state index in [1.54, 1.807) is 7.11 Å². The van der Waals surface area contributed by atoms with Crippen LogP contribution in [-0.4, -0.2) is 33.8 Å². The van der Waals surface area contributed by atoms with Crippen molar-refractivity contribution in [2.24, 2.45) is 5.92 Å². The van der Waals surface area contributed by atoms with E-state index >= 15 is 0 Å². The van der Waals surface area contributed by atoms with Crippen LogP contribution in [0.5, 0.6) is 17.2 Å². The maximum Gasteiger partial charge on any atom is 0.345 e. The molecule has 6 rings (SSSR count). The molecule has 0 saturated heterocycles. The Labute approximate surface area is 255 Å². The number of carboxylic acids is 1. The number of hydrogen-bond donors (Lipinski definition) is 1. The molecular formula is C36H34N2O6. The van der Waals surface area contributed by atoms with Crippen LogP contribution < -0.4 is 14.2 Å². The summed E-state index contributed by atoms with van der Waals surface area (Å²) in [6, 6.07) is 29.5. The lowest BCUT2D eigenvalue weighted by Crippen LogP contribution is -2.32. The summed E-state index contributed by atoms with van der Waals surface area (Å²) in [5.41, 5.74) is 4.62. The normalized spacial score (nSPS) is 12.1. The Kier molecular flexibility index (Phi) is 7.98. The van der Waals surface area contributed by atoms with Gasteiger partial charge in [-0.15, -0.1) is 0 Å². The van der Waals surface area contributed by atoms with Gasteiger partial charge in [0.1, 0.15) is 23.8 Å². The molecule has 224 valence electrons. The lowest BCUT2D eigenvalue weighted by molar-refractivity contribution is -0.147. The minimum absolute atomic E-state index is 0.191. The average molecular weight is 591 g/mol. The fraction of sp³-hybridized carbons (Fsp3) is 0.222. The Morgan fingerprint density at radius 3 is 2.41 bits per heavy atom. The van der Waals surface area contributed by atoms with Gasteiger partial charge in [-0.25, -0.2) is 9.78 Å². The molecule has 44 heavy (non-hydrogen) atoms. The molecular weight excluding hydrogens is 556 g/mol. The predicted octanol–water partition coefficient (Wildman–Crippen LogP) is 7.88. The molecule has 8 heteroatoms. The van der Waals surface area contributed by atoms with Gasteiger partial charge >= 0.3 is 5.97 Å². The molecule has 6 aromatic rings. The molecule has 0 amide bonds. The number of rotatable bonds is 11. The first-order valence-corrected chi connectivity index (χ1v) is 14.5. The van der Waals surface area contributed by atoms with Gasteiger partial charge in [-0.1, -0.05) is 62.4 Å². The predicted molar refractivity (Wildman–Crippen MR) is 169 cm³/mol. The Bertz CT molecular complexity index is 1940. The van der Waals surface area contributed by atoms with Gasteiger partial charge in [0, 0.05) is 34.3 Å². The number of para-hydroxylation sites is 1. The van der Waals surface area contributed by atoms with E-state index in [0.717, 1.165) is 38.6 Å². The van der Waals surface area contributed by atoms with Gasteiger partial charge in [-0.3, -0.25) is 0 Å². The summed E-state index contributed by atoms with van der Waals surface area (Å²) in [7, 11) is 1.62. The molecule has 4 aromatic carbocycles. The SMILES string of the molecule is COc1cc(Cn2c3ccccc3c3c(O[C@H](C(=O)O)C(C)C)cccc32)ccc1OCc1nc(-c2ccccc2)oc1C. The summed E-state index contributed by atoms with van der Waals surface area (Å²) in [4.78, 5) is 16.6. The number of aliphatic carboxylic acids is 1. The maximum absolute atomic E-state index is 11.9. The summed E-state index contributed by atoms with van der Waals surface area (Å²) in [5.74, 6) is 1.86. The summed E-state index contributed by atoms with van der Waals surface area (Å²) < 4.78 is 26.1. The van der Waals surface area contributed by atoms with Crippen molar-refractivity contribution in [2.45, 2.75) is 40.0 Å². The van der Waals surface area contributed by atoms with Gasteiger partial charge < -0.3 is 28.3 Å². The zero-order valence-corrected chi connectivity index (χ0v) is 25.1. The van der Waals surface area contributed by atoms with Gasteiger partial charge in [-0.2, -0.15) is 0 Å². The van der Waals surface area contributed by atoms with Crippen molar-refractivity contribution in [2.75, 3.05) is 7.11 Å². The molecule has 2 aromatic heterocycles. The number of benzene rings is 4. The largest absolute Gasteiger partial charge is 0.493 e. The smallest absolute Gasteiger partial charge is 0.345 e. The first-order valence-electron chi connectivity index (χ1n) is 14.5. The number of nitrogens with zero attached hydrogens (tertiary/aromatic N) is 2. The van der Waals surface area contributed by atoms with Crippen molar-refractivity contribution in [3.63, 3.8) is 0 Å². The standard InChI is InChI=1S/C36H34N2O6/c1-22(2)34(36(39)40)44-31-16-10-15-29-33(31)26-13-8-9-14-28(26)38(29)20-24-17-18-30(32(19-24)41-4)42-21-27-23(3)43-35(37-27)25-11-6-5-7-12-25/h5-19,22,34H,20-21H2,1-4H3,(H,39,40)/t34-/m0/s1. The minimum atomic E-state index is -0.981.